The molecule has 0 aliphatic rings. The summed E-state index contributed by atoms with van der Waals surface area (Å²) in [6.45, 7) is 5.73. The zero-order chi connectivity index (χ0) is 13.8. The summed E-state index contributed by atoms with van der Waals surface area (Å²) in [4.78, 5) is 0. The number of nitrogens with one attached hydrogen (secondary N) is 1. The van der Waals surface area contributed by atoms with Gasteiger partial charge in [-0.2, -0.15) is 0 Å². The summed E-state index contributed by atoms with van der Waals surface area (Å²) in [5.74, 6) is 0.184. The fraction of sp³-hybridized carbons (Fsp3) is 0.538. The van der Waals surface area contributed by atoms with Crippen molar-refractivity contribution in [3.63, 3.8) is 0 Å². The fourth-order valence-electron chi connectivity index (χ4n) is 1.70. The van der Waals surface area contributed by atoms with Crippen LogP contribution in [0.5, 0.6) is 0 Å². The van der Waals surface area contributed by atoms with Crippen LogP contribution in [-0.2, 0) is 15.6 Å². The van der Waals surface area contributed by atoms with Gasteiger partial charge in [0.1, 0.15) is 0 Å². The molecule has 5 heteroatoms. The molecule has 18 heavy (non-hydrogen) atoms. The van der Waals surface area contributed by atoms with E-state index in [0.717, 1.165) is 16.5 Å². The Morgan fingerprint density at radius 2 is 1.78 bits per heavy atom. The Hall–Kier alpha value is -0.390. The number of hydrogen-bond donors (Lipinski definition) is 1. The summed E-state index contributed by atoms with van der Waals surface area (Å²) in [6, 6.07) is 7.67. The predicted molar refractivity (Wildman–Crippen MR) is 79.0 cm³/mol. The lowest BCUT2D eigenvalue weighted by Gasteiger charge is -2.26. The number of benzene rings is 1. The van der Waals surface area contributed by atoms with Gasteiger partial charge in [0.25, 0.3) is 0 Å². The molecule has 102 valence electrons. The number of unbranched alkanes of at least 4 members (excludes halogenated alkanes) is 1. The number of hydrogen-bond acceptors (Lipinski definition) is 2. The Kier molecular flexibility index (Phi) is 5.37. The smallest absolute Gasteiger partial charge is 0.212 e. The molecule has 1 N–H and O–H groups in total. The molecule has 0 atom stereocenters. The van der Waals surface area contributed by atoms with Crippen LogP contribution in [0.1, 0.15) is 39.2 Å². The van der Waals surface area contributed by atoms with E-state index < -0.39 is 15.6 Å². The predicted octanol–water partition coefficient (Wildman–Crippen LogP) is 3.40. The molecule has 0 saturated carbocycles. The largest absolute Gasteiger partial charge is 0.212 e. The summed E-state index contributed by atoms with van der Waals surface area (Å²) in [5, 5.41) is 0. The average Bonchev–Trinajstić information content (AvgIpc) is 2.25. The quantitative estimate of drug-likeness (QED) is 0.867. The molecule has 0 aliphatic heterocycles. The molecule has 1 aromatic rings. The monoisotopic (exact) mass is 333 g/mol. The van der Waals surface area contributed by atoms with Crippen molar-refractivity contribution in [1.82, 2.24) is 4.72 Å². The van der Waals surface area contributed by atoms with Gasteiger partial charge in [-0.25, -0.2) is 13.1 Å². The highest BCUT2D eigenvalue weighted by atomic mass is 79.9. The van der Waals surface area contributed by atoms with Crippen LogP contribution >= 0.6 is 15.9 Å². The van der Waals surface area contributed by atoms with Crippen LogP contribution in [-0.4, -0.2) is 14.2 Å². The zero-order valence-corrected chi connectivity index (χ0v) is 13.4. The molecule has 3 nitrogen and oxygen atoms in total. The van der Waals surface area contributed by atoms with Gasteiger partial charge in [0, 0.05) is 4.47 Å². The van der Waals surface area contributed by atoms with Gasteiger partial charge < -0.3 is 0 Å². The highest BCUT2D eigenvalue weighted by molar-refractivity contribution is 9.10. The molecule has 0 spiro atoms. The lowest BCUT2D eigenvalue weighted by molar-refractivity contribution is 0.471. The summed E-state index contributed by atoms with van der Waals surface area (Å²) >= 11 is 3.37. The third-order valence-corrected chi connectivity index (χ3v) is 4.92. The van der Waals surface area contributed by atoms with Crippen molar-refractivity contribution in [3.05, 3.63) is 34.3 Å². The van der Waals surface area contributed by atoms with Crippen molar-refractivity contribution in [2.45, 2.75) is 39.2 Å². The fourth-order valence-corrected chi connectivity index (χ4v) is 3.63. The van der Waals surface area contributed by atoms with Gasteiger partial charge in [-0.1, -0.05) is 41.4 Å². The maximum Gasteiger partial charge on any atom is 0.212 e. The maximum atomic E-state index is 11.9. The highest BCUT2D eigenvalue weighted by Gasteiger charge is 2.26. The Balaban J connectivity index is 2.84. The van der Waals surface area contributed by atoms with Crippen LogP contribution in [0.25, 0.3) is 0 Å². The second-order valence-corrected chi connectivity index (χ2v) is 7.66. The minimum Gasteiger partial charge on any atom is -0.212 e. The topological polar surface area (TPSA) is 46.2 Å². The van der Waals surface area contributed by atoms with Gasteiger partial charge in [-0.15, -0.1) is 0 Å². The molecule has 0 unspecified atom stereocenters. The van der Waals surface area contributed by atoms with E-state index in [1.165, 1.54) is 0 Å². The van der Waals surface area contributed by atoms with Gasteiger partial charge in [-0.05, 0) is 38.0 Å². The van der Waals surface area contributed by atoms with Crippen LogP contribution in [0.15, 0.2) is 28.7 Å². The third-order valence-electron chi connectivity index (χ3n) is 2.74. The van der Waals surface area contributed by atoms with Gasteiger partial charge in [0.15, 0.2) is 0 Å². The van der Waals surface area contributed by atoms with Gasteiger partial charge in [-0.3, -0.25) is 0 Å². The minimum absolute atomic E-state index is 0.184. The third kappa shape index (κ3) is 4.71. The number of sulfonamides is 1. The average molecular weight is 334 g/mol. The van der Waals surface area contributed by atoms with Crippen molar-refractivity contribution >= 4 is 26.0 Å². The first-order chi connectivity index (χ1) is 8.27. The molecule has 1 rings (SSSR count). The van der Waals surface area contributed by atoms with E-state index >= 15 is 0 Å². The minimum atomic E-state index is -3.22. The van der Waals surface area contributed by atoms with E-state index in [2.05, 4.69) is 20.7 Å². The van der Waals surface area contributed by atoms with Crippen LogP contribution in [0.2, 0.25) is 0 Å². The zero-order valence-electron chi connectivity index (χ0n) is 11.0. The van der Waals surface area contributed by atoms with Gasteiger partial charge in [0.05, 0.1) is 11.3 Å². The van der Waals surface area contributed by atoms with Crippen molar-refractivity contribution < 1.29 is 8.42 Å². The van der Waals surface area contributed by atoms with Gasteiger partial charge >= 0.3 is 0 Å². The Labute approximate surface area is 118 Å². The molecular formula is C13H20BrNO2S. The SMILES string of the molecule is CCCCS(=O)(=O)NC(C)(C)c1ccc(Br)cc1. The molecule has 0 heterocycles. The van der Waals surface area contributed by atoms with Crippen molar-refractivity contribution in [3.8, 4) is 0 Å². The van der Waals surface area contributed by atoms with E-state index in [1.807, 2.05) is 45.0 Å². The normalized spacial score (nSPS) is 12.7. The molecule has 0 saturated heterocycles. The Bertz CT molecular complexity index is 480. The maximum absolute atomic E-state index is 11.9. The second-order valence-electron chi connectivity index (χ2n) is 4.91. The molecule has 0 aromatic heterocycles. The van der Waals surface area contributed by atoms with Crippen LogP contribution < -0.4 is 4.72 Å². The summed E-state index contributed by atoms with van der Waals surface area (Å²) < 4.78 is 27.6. The van der Waals surface area contributed by atoms with E-state index in [9.17, 15) is 8.42 Å². The Morgan fingerprint density at radius 3 is 2.28 bits per heavy atom. The van der Waals surface area contributed by atoms with E-state index in [4.69, 9.17) is 0 Å². The summed E-state index contributed by atoms with van der Waals surface area (Å²) in [5.41, 5.74) is 0.360. The van der Waals surface area contributed by atoms with Crippen LogP contribution in [0.3, 0.4) is 0 Å². The molecule has 1 aromatic carbocycles. The van der Waals surface area contributed by atoms with E-state index in [1.54, 1.807) is 0 Å². The van der Waals surface area contributed by atoms with Crippen LogP contribution in [0.4, 0.5) is 0 Å². The first kappa shape index (κ1) is 15.7. The van der Waals surface area contributed by atoms with Crippen molar-refractivity contribution in [2.24, 2.45) is 0 Å². The molecular weight excluding hydrogens is 314 g/mol. The summed E-state index contributed by atoms with van der Waals surface area (Å²) in [7, 11) is -3.22. The van der Waals surface area contributed by atoms with Crippen molar-refractivity contribution in [1.29, 1.82) is 0 Å². The molecule has 0 fully saturated rings. The first-order valence-electron chi connectivity index (χ1n) is 6.04. The lowest BCUT2D eigenvalue weighted by Crippen LogP contribution is -2.42. The van der Waals surface area contributed by atoms with E-state index in [-0.39, 0.29) is 5.75 Å². The number of halogens is 1. The van der Waals surface area contributed by atoms with Crippen LogP contribution in [0, 0.1) is 0 Å². The standard InChI is InChI=1S/C13H20BrNO2S/c1-4-5-10-18(16,17)15-13(2,3)11-6-8-12(14)9-7-11/h6-9,15H,4-5,10H2,1-3H3. The highest BCUT2D eigenvalue weighted by Crippen LogP contribution is 2.23. The van der Waals surface area contributed by atoms with Crippen molar-refractivity contribution in [2.75, 3.05) is 5.75 Å². The van der Waals surface area contributed by atoms with Gasteiger partial charge in [0.2, 0.25) is 10.0 Å². The molecule has 0 aliphatic carbocycles. The molecule has 0 bridgehead atoms. The van der Waals surface area contributed by atoms with E-state index in [0.29, 0.717) is 6.42 Å². The lowest BCUT2D eigenvalue weighted by atomic mass is 9.96. The Morgan fingerprint density at radius 1 is 1.22 bits per heavy atom. The summed E-state index contributed by atoms with van der Waals surface area (Å²) in [6.07, 6.45) is 1.56. The second kappa shape index (κ2) is 6.17. The number of rotatable bonds is 6. The molecule has 0 radical (unpaired) electrons. The molecule has 0 amide bonds. The first-order valence-corrected chi connectivity index (χ1v) is 8.49.